The summed E-state index contributed by atoms with van der Waals surface area (Å²) < 4.78 is 8.52. The molecule has 11 nitrogen and oxygen atoms in total. The third-order valence-corrected chi connectivity index (χ3v) is 3.54. The lowest BCUT2D eigenvalue weighted by Gasteiger charge is -2.06. The van der Waals surface area contributed by atoms with Gasteiger partial charge in [-0.3, -0.25) is 18.7 Å². The average molecular weight is 333 g/mol. The van der Waals surface area contributed by atoms with Crippen LogP contribution in [0.2, 0.25) is 0 Å². The van der Waals surface area contributed by atoms with Gasteiger partial charge in [0.15, 0.2) is 17.0 Å². The molecule has 0 saturated carbocycles. The van der Waals surface area contributed by atoms with Gasteiger partial charge in [-0.2, -0.15) is 4.98 Å². The second kappa shape index (κ2) is 5.76. The molecular formula is C13H15N7O4. The van der Waals surface area contributed by atoms with E-state index in [1.165, 1.54) is 29.6 Å². The van der Waals surface area contributed by atoms with Crippen LogP contribution in [0, 0.1) is 6.92 Å². The molecule has 3 rings (SSSR count). The number of hydrogen-bond donors (Lipinski definition) is 1. The number of carbonyl (C=O) groups is 1. The summed E-state index contributed by atoms with van der Waals surface area (Å²) in [5, 5.41) is 6.24. The van der Waals surface area contributed by atoms with Gasteiger partial charge in [-0.15, -0.1) is 0 Å². The third-order valence-electron chi connectivity index (χ3n) is 3.54. The molecule has 3 heterocycles. The minimum atomic E-state index is -0.508. The van der Waals surface area contributed by atoms with Crippen LogP contribution in [0.25, 0.3) is 11.2 Å². The van der Waals surface area contributed by atoms with Crippen LogP contribution in [0.5, 0.6) is 0 Å². The standard InChI is InChI=1S/C13H15N7O4/c1-7-16-9(24-17-7)4-14-8(21)5-20-6-15-11-10(20)12(22)19(3)13(23)18(11)2/h6H,4-5H2,1-3H3,(H,14,21). The minimum Gasteiger partial charge on any atom is -0.345 e. The van der Waals surface area contributed by atoms with Gasteiger partial charge in [-0.05, 0) is 6.92 Å². The van der Waals surface area contributed by atoms with Crippen molar-refractivity contribution >= 4 is 17.1 Å². The Balaban J connectivity index is 1.84. The van der Waals surface area contributed by atoms with Gasteiger partial charge in [-0.1, -0.05) is 5.16 Å². The molecule has 0 atom stereocenters. The van der Waals surface area contributed by atoms with Crippen LogP contribution in [0.15, 0.2) is 20.4 Å². The van der Waals surface area contributed by atoms with Gasteiger partial charge in [0.2, 0.25) is 11.8 Å². The van der Waals surface area contributed by atoms with Gasteiger partial charge in [0.05, 0.1) is 12.9 Å². The van der Waals surface area contributed by atoms with Gasteiger partial charge < -0.3 is 14.4 Å². The van der Waals surface area contributed by atoms with Crippen LogP contribution in [0.3, 0.4) is 0 Å². The van der Waals surface area contributed by atoms with Crippen LogP contribution in [0.1, 0.15) is 11.7 Å². The lowest BCUT2D eigenvalue weighted by atomic mass is 10.4. The highest BCUT2D eigenvalue weighted by Crippen LogP contribution is 2.05. The van der Waals surface area contributed by atoms with E-state index in [4.69, 9.17) is 4.52 Å². The lowest BCUT2D eigenvalue weighted by molar-refractivity contribution is -0.121. The molecule has 24 heavy (non-hydrogen) atoms. The summed E-state index contributed by atoms with van der Waals surface area (Å²) in [6, 6.07) is 0. The molecule has 0 radical (unpaired) electrons. The summed E-state index contributed by atoms with van der Waals surface area (Å²) in [4.78, 5) is 44.2. The van der Waals surface area contributed by atoms with Gasteiger partial charge in [0.25, 0.3) is 5.56 Å². The first kappa shape index (κ1) is 15.6. The number of carbonyl (C=O) groups excluding carboxylic acids is 1. The molecule has 0 aliphatic heterocycles. The molecule has 0 fully saturated rings. The Bertz CT molecular complexity index is 1040. The normalized spacial score (nSPS) is 11.1. The van der Waals surface area contributed by atoms with Crippen molar-refractivity contribution in [2.45, 2.75) is 20.0 Å². The van der Waals surface area contributed by atoms with Gasteiger partial charge in [0.1, 0.15) is 6.54 Å². The number of aromatic nitrogens is 6. The molecule has 3 aromatic heterocycles. The number of fused-ring (bicyclic) bond motifs is 1. The first-order valence-corrected chi connectivity index (χ1v) is 7.05. The summed E-state index contributed by atoms with van der Waals surface area (Å²) in [6.45, 7) is 1.63. The van der Waals surface area contributed by atoms with E-state index in [2.05, 4.69) is 20.4 Å². The summed E-state index contributed by atoms with van der Waals surface area (Å²) >= 11 is 0. The first-order chi connectivity index (χ1) is 11.4. The fourth-order valence-corrected chi connectivity index (χ4v) is 2.31. The zero-order valence-corrected chi connectivity index (χ0v) is 13.3. The molecule has 1 amide bonds. The van der Waals surface area contributed by atoms with E-state index in [-0.39, 0.29) is 36.1 Å². The molecule has 0 aliphatic rings. The molecule has 0 aliphatic carbocycles. The Kier molecular flexibility index (Phi) is 3.75. The highest BCUT2D eigenvalue weighted by atomic mass is 16.5. The number of nitrogens with one attached hydrogen (secondary N) is 1. The van der Waals surface area contributed by atoms with Crippen molar-refractivity contribution in [1.29, 1.82) is 0 Å². The zero-order chi connectivity index (χ0) is 17.4. The van der Waals surface area contributed by atoms with Crippen molar-refractivity contribution < 1.29 is 9.32 Å². The molecule has 11 heteroatoms. The Hall–Kier alpha value is -3.24. The highest BCUT2D eigenvalue weighted by Gasteiger charge is 2.16. The van der Waals surface area contributed by atoms with Crippen LogP contribution >= 0.6 is 0 Å². The number of hydrogen-bond acceptors (Lipinski definition) is 7. The molecule has 0 bridgehead atoms. The van der Waals surface area contributed by atoms with Crippen LogP contribution in [0.4, 0.5) is 0 Å². The smallest absolute Gasteiger partial charge is 0.332 e. The van der Waals surface area contributed by atoms with Crippen molar-refractivity contribution in [3.63, 3.8) is 0 Å². The molecule has 0 aromatic carbocycles. The monoisotopic (exact) mass is 333 g/mol. The minimum absolute atomic E-state index is 0.0861. The van der Waals surface area contributed by atoms with Crippen LogP contribution in [-0.2, 0) is 32.0 Å². The molecule has 3 aromatic rings. The van der Waals surface area contributed by atoms with Crippen LogP contribution in [-0.4, -0.2) is 34.7 Å². The largest absolute Gasteiger partial charge is 0.345 e. The summed E-state index contributed by atoms with van der Waals surface area (Å²) in [5.41, 5.74) is -0.577. The van der Waals surface area contributed by atoms with Gasteiger partial charge in [-0.25, -0.2) is 9.78 Å². The van der Waals surface area contributed by atoms with Crippen molar-refractivity contribution in [2.75, 3.05) is 0 Å². The average Bonchev–Trinajstić information content (AvgIpc) is 3.15. The van der Waals surface area contributed by atoms with E-state index in [1.54, 1.807) is 6.92 Å². The highest BCUT2D eigenvalue weighted by molar-refractivity contribution is 5.78. The molecule has 0 unspecified atom stereocenters. The Morgan fingerprint density at radius 3 is 2.71 bits per heavy atom. The number of imidazole rings is 1. The lowest BCUT2D eigenvalue weighted by Crippen LogP contribution is -2.38. The van der Waals surface area contributed by atoms with E-state index >= 15 is 0 Å². The van der Waals surface area contributed by atoms with E-state index in [1.807, 2.05) is 0 Å². The molecule has 0 saturated heterocycles. The predicted molar refractivity (Wildman–Crippen MR) is 81.1 cm³/mol. The second-order valence-corrected chi connectivity index (χ2v) is 5.26. The topological polar surface area (TPSA) is 130 Å². The maximum Gasteiger partial charge on any atom is 0.332 e. The SMILES string of the molecule is Cc1noc(CNC(=O)Cn2cnc3c2c(=O)n(C)c(=O)n3C)n1. The second-order valence-electron chi connectivity index (χ2n) is 5.26. The molecule has 0 spiro atoms. The summed E-state index contributed by atoms with van der Waals surface area (Å²) in [6.07, 6.45) is 1.35. The van der Waals surface area contributed by atoms with Gasteiger partial charge >= 0.3 is 5.69 Å². The molecular weight excluding hydrogens is 318 g/mol. The van der Waals surface area contributed by atoms with Crippen LogP contribution < -0.4 is 16.6 Å². The van der Waals surface area contributed by atoms with E-state index in [9.17, 15) is 14.4 Å². The fourth-order valence-electron chi connectivity index (χ4n) is 2.31. The Morgan fingerprint density at radius 1 is 1.29 bits per heavy atom. The maximum atomic E-state index is 12.3. The first-order valence-electron chi connectivity index (χ1n) is 7.05. The Labute approximate surface area is 134 Å². The van der Waals surface area contributed by atoms with Gasteiger partial charge in [0, 0.05) is 14.1 Å². The van der Waals surface area contributed by atoms with E-state index in [0.717, 1.165) is 4.57 Å². The summed E-state index contributed by atoms with van der Waals surface area (Å²) in [5.74, 6) is 0.403. The van der Waals surface area contributed by atoms with Crippen molar-refractivity contribution in [3.05, 3.63) is 38.9 Å². The zero-order valence-electron chi connectivity index (χ0n) is 13.3. The van der Waals surface area contributed by atoms with Crippen molar-refractivity contribution in [2.24, 2.45) is 14.1 Å². The van der Waals surface area contributed by atoms with E-state index in [0.29, 0.717) is 5.82 Å². The predicted octanol–water partition coefficient (Wildman–Crippen LogP) is -1.56. The molecule has 126 valence electrons. The Morgan fingerprint density at radius 2 is 2.04 bits per heavy atom. The third kappa shape index (κ3) is 2.59. The number of rotatable bonds is 4. The van der Waals surface area contributed by atoms with E-state index < -0.39 is 11.2 Å². The number of nitrogens with zero attached hydrogens (tertiary/aromatic N) is 6. The van der Waals surface area contributed by atoms with Crippen molar-refractivity contribution in [1.82, 2.24) is 34.1 Å². The number of amides is 1. The fraction of sp³-hybridized carbons (Fsp3) is 0.385. The summed E-state index contributed by atoms with van der Waals surface area (Å²) in [7, 11) is 2.89. The van der Waals surface area contributed by atoms with Crippen molar-refractivity contribution in [3.8, 4) is 0 Å². The molecule has 1 N–H and O–H groups in total. The maximum absolute atomic E-state index is 12.3. The quantitative estimate of drug-likeness (QED) is 0.611. The number of aryl methyl sites for hydroxylation is 2.